The van der Waals surface area contributed by atoms with Crippen LogP contribution in [0.2, 0.25) is 10.0 Å². The molecular weight excluding hydrogens is 331 g/mol. The van der Waals surface area contributed by atoms with Gasteiger partial charge in [-0.1, -0.05) is 35.4 Å². The predicted molar refractivity (Wildman–Crippen MR) is 90.1 cm³/mol. The van der Waals surface area contributed by atoms with E-state index in [1.54, 1.807) is 23.1 Å². The van der Waals surface area contributed by atoms with E-state index in [1.165, 1.54) is 0 Å². The molecule has 1 heterocycles. The number of amides is 1. The molecule has 1 aliphatic rings. The summed E-state index contributed by atoms with van der Waals surface area (Å²) in [7, 11) is 0. The highest BCUT2D eigenvalue weighted by Crippen LogP contribution is 2.25. The normalized spacial score (nSPS) is 15.1. The monoisotopic (exact) mass is 344 g/mol. The Balaban J connectivity index is 2.19. The molecule has 1 aliphatic heterocycles. The smallest absolute Gasteiger partial charge is 0.277 e. The number of likely N-dealkylation sites (tertiary alicyclic amines) is 1. The van der Waals surface area contributed by atoms with Crippen molar-refractivity contribution in [2.24, 2.45) is 10.8 Å². The maximum atomic E-state index is 12.3. The topological polar surface area (TPSA) is 70.7 Å². The molecule has 1 aromatic rings. The summed E-state index contributed by atoms with van der Waals surface area (Å²) >= 11 is 16.8. The highest BCUT2D eigenvalue weighted by molar-refractivity contribution is 7.82. The third-order valence-corrected chi connectivity index (χ3v) is 3.80. The first-order valence-corrected chi connectivity index (χ1v) is 7.53. The molecule has 1 saturated heterocycles. The van der Waals surface area contributed by atoms with Gasteiger partial charge in [0.1, 0.15) is 4.99 Å². The van der Waals surface area contributed by atoms with Crippen molar-refractivity contribution in [3.05, 3.63) is 28.2 Å². The van der Waals surface area contributed by atoms with Crippen LogP contribution in [0.15, 0.2) is 23.3 Å². The van der Waals surface area contributed by atoms with Crippen LogP contribution < -0.4 is 11.2 Å². The Morgan fingerprint density at radius 3 is 2.62 bits per heavy atom. The lowest BCUT2D eigenvalue weighted by atomic mass is 10.3. The van der Waals surface area contributed by atoms with Crippen LogP contribution in [0, 0.1) is 0 Å². The first kappa shape index (κ1) is 16.0. The van der Waals surface area contributed by atoms with E-state index >= 15 is 0 Å². The molecule has 0 radical (unpaired) electrons. The number of thiocarbonyl (C=S) groups is 1. The Morgan fingerprint density at radius 1 is 1.33 bits per heavy atom. The number of carbonyl (C=O) groups is 1. The Labute approximate surface area is 138 Å². The largest absolute Gasteiger partial charge is 0.388 e. The van der Waals surface area contributed by atoms with E-state index in [4.69, 9.17) is 41.2 Å². The molecule has 112 valence electrons. The van der Waals surface area contributed by atoms with E-state index in [-0.39, 0.29) is 16.6 Å². The number of halogens is 2. The second kappa shape index (κ2) is 7.06. The van der Waals surface area contributed by atoms with Crippen LogP contribution in [0.1, 0.15) is 12.8 Å². The van der Waals surface area contributed by atoms with Crippen molar-refractivity contribution >= 4 is 57.7 Å². The summed E-state index contributed by atoms with van der Waals surface area (Å²) in [5, 5.41) is 4.94. The number of hydrazone groups is 1. The van der Waals surface area contributed by atoms with Crippen LogP contribution in [-0.2, 0) is 4.79 Å². The molecule has 1 fully saturated rings. The number of hydrogen-bond acceptors (Lipinski definition) is 4. The number of benzene rings is 1. The Morgan fingerprint density at radius 2 is 2.00 bits per heavy atom. The molecule has 0 aliphatic carbocycles. The van der Waals surface area contributed by atoms with Gasteiger partial charge in [-0.3, -0.25) is 10.2 Å². The Kier molecular flexibility index (Phi) is 5.39. The minimum Gasteiger partial charge on any atom is -0.388 e. The van der Waals surface area contributed by atoms with E-state index in [9.17, 15) is 4.79 Å². The molecule has 2 rings (SSSR count). The summed E-state index contributed by atoms with van der Waals surface area (Å²) in [6.45, 7) is 1.39. The molecule has 3 N–H and O–H groups in total. The molecule has 21 heavy (non-hydrogen) atoms. The summed E-state index contributed by atoms with van der Waals surface area (Å²) in [6.07, 6.45) is 1.95. The van der Waals surface area contributed by atoms with Gasteiger partial charge >= 0.3 is 0 Å². The number of nitrogens with two attached hydrogens (primary N) is 1. The van der Waals surface area contributed by atoms with Crippen molar-refractivity contribution in [2.75, 3.05) is 18.5 Å². The summed E-state index contributed by atoms with van der Waals surface area (Å²) < 4.78 is 0. The SMILES string of the molecule is NC(=S)C(=NNc1cc(Cl)ccc1Cl)C(=O)N1CCCC1. The van der Waals surface area contributed by atoms with Gasteiger partial charge in [0.15, 0.2) is 5.71 Å². The van der Waals surface area contributed by atoms with Gasteiger partial charge < -0.3 is 10.6 Å². The number of carbonyl (C=O) groups excluding carboxylic acids is 1. The first-order valence-electron chi connectivity index (χ1n) is 6.37. The summed E-state index contributed by atoms with van der Waals surface area (Å²) in [4.78, 5) is 13.9. The zero-order valence-electron chi connectivity index (χ0n) is 11.1. The van der Waals surface area contributed by atoms with Gasteiger partial charge in [0.25, 0.3) is 5.91 Å². The van der Waals surface area contributed by atoms with Gasteiger partial charge in [-0.15, -0.1) is 0 Å². The third-order valence-electron chi connectivity index (χ3n) is 3.05. The summed E-state index contributed by atoms with van der Waals surface area (Å²) in [5.74, 6) is -0.273. The minimum absolute atomic E-state index is 0.0166. The van der Waals surface area contributed by atoms with E-state index in [0.29, 0.717) is 28.8 Å². The number of nitrogens with zero attached hydrogens (tertiary/aromatic N) is 2. The second-order valence-corrected chi connectivity index (χ2v) is 5.84. The maximum Gasteiger partial charge on any atom is 0.277 e. The predicted octanol–water partition coefficient (Wildman–Crippen LogP) is 2.67. The van der Waals surface area contributed by atoms with Crippen LogP contribution in [0.5, 0.6) is 0 Å². The zero-order chi connectivity index (χ0) is 15.4. The minimum atomic E-state index is -0.273. The van der Waals surface area contributed by atoms with Crippen LogP contribution in [0.3, 0.4) is 0 Å². The van der Waals surface area contributed by atoms with Crippen LogP contribution in [0.25, 0.3) is 0 Å². The van der Waals surface area contributed by atoms with Crippen molar-refractivity contribution in [3.8, 4) is 0 Å². The number of rotatable bonds is 4. The van der Waals surface area contributed by atoms with Crippen molar-refractivity contribution < 1.29 is 4.79 Å². The Hall–Kier alpha value is -1.37. The van der Waals surface area contributed by atoms with Crippen molar-refractivity contribution in [1.82, 2.24) is 4.90 Å². The van der Waals surface area contributed by atoms with Gasteiger partial charge in [-0.05, 0) is 31.0 Å². The van der Waals surface area contributed by atoms with Crippen LogP contribution in [0.4, 0.5) is 5.69 Å². The molecule has 0 atom stereocenters. The first-order chi connectivity index (χ1) is 9.99. The van der Waals surface area contributed by atoms with Gasteiger partial charge in [0, 0.05) is 18.1 Å². The molecule has 5 nitrogen and oxygen atoms in total. The average molecular weight is 345 g/mol. The zero-order valence-corrected chi connectivity index (χ0v) is 13.4. The number of hydrogen-bond donors (Lipinski definition) is 2. The average Bonchev–Trinajstić information content (AvgIpc) is 2.96. The number of anilines is 1. The fraction of sp³-hybridized carbons (Fsp3) is 0.308. The third kappa shape index (κ3) is 4.06. The van der Waals surface area contributed by atoms with Gasteiger partial charge in [0.2, 0.25) is 0 Å². The molecule has 0 saturated carbocycles. The maximum absolute atomic E-state index is 12.3. The summed E-state index contributed by atoms with van der Waals surface area (Å²) in [5.41, 5.74) is 8.78. The van der Waals surface area contributed by atoms with Crippen molar-refractivity contribution in [1.29, 1.82) is 0 Å². The molecular formula is C13H14Cl2N4OS. The lowest BCUT2D eigenvalue weighted by Gasteiger charge is -2.16. The van der Waals surface area contributed by atoms with Crippen LogP contribution in [-0.4, -0.2) is 34.6 Å². The number of nitrogens with one attached hydrogen (secondary N) is 1. The quantitative estimate of drug-likeness (QED) is 0.500. The molecule has 0 aromatic heterocycles. The van der Waals surface area contributed by atoms with E-state index in [2.05, 4.69) is 10.5 Å². The highest BCUT2D eigenvalue weighted by atomic mass is 35.5. The summed E-state index contributed by atoms with van der Waals surface area (Å²) in [6, 6.07) is 4.89. The van der Waals surface area contributed by atoms with Crippen molar-refractivity contribution in [2.45, 2.75) is 12.8 Å². The second-order valence-electron chi connectivity index (χ2n) is 4.56. The van der Waals surface area contributed by atoms with E-state index < -0.39 is 0 Å². The van der Waals surface area contributed by atoms with Gasteiger partial charge in [-0.25, -0.2) is 0 Å². The Bertz CT molecular complexity index is 600. The fourth-order valence-electron chi connectivity index (χ4n) is 1.98. The van der Waals surface area contributed by atoms with Gasteiger partial charge in [0.05, 0.1) is 10.7 Å². The van der Waals surface area contributed by atoms with Gasteiger partial charge in [-0.2, -0.15) is 5.10 Å². The molecule has 0 bridgehead atoms. The fourth-order valence-corrected chi connectivity index (χ4v) is 2.44. The molecule has 1 amide bonds. The molecule has 0 unspecified atom stereocenters. The van der Waals surface area contributed by atoms with E-state index in [1.807, 2.05) is 0 Å². The lowest BCUT2D eigenvalue weighted by Crippen LogP contribution is -2.40. The highest BCUT2D eigenvalue weighted by Gasteiger charge is 2.24. The standard InChI is InChI=1S/C13H14Cl2N4OS/c14-8-3-4-9(15)10(7-8)17-18-11(12(16)21)13(20)19-5-1-2-6-19/h3-4,7,17H,1-2,5-6H2,(H2,16,21). The van der Waals surface area contributed by atoms with Crippen LogP contribution >= 0.6 is 35.4 Å². The molecule has 1 aromatic carbocycles. The molecule has 0 spiro atoms. The lowest BCUT2D eigenvalue weighted by molar-refractivity contribution is -0.122. The van der Waals surface area contributed by atoms with Crippen molar-refractivity contribution in [3.63, 3.8) is 0 Å². The van der Waals surface area contributed by atoms with E-state index in [0.717, 1.165) is 12.8 Å². The molecule has 8 heteroatoms.